The fraction of sp³-hybridized carbons (Fsp3) is 0.529. The van der Waals surface area contributed by atoms with E-state index in [-0.39, 0.29) is 6.61 Å². The van der Waals surface area contributed by atoms with Crippen LogP contribution in [0.5, 0.6) is 0 Å². The molecule has 1 aromatic heterocycles. The summed E-state index contributed by atoms with van der Waals surface area (Å²) >= 11 is 0. The van der Waals surface area contributed by atoms with Gasteiger partial charge in [-0.1, -0.05) is 28.9 Å². The third kappa shape index (κ3) is 3.54. The monoisotopic (exact) mass is 301 g/mol. The summed E-state index contributed by atoms with van der Waals surface area (Å²) in [5.41, 5.74) is 2.18. The number of rotatable bonds is 6. The molecule has 1 saturated heterocycles. The molecule has 1 atom stereocenters. The Kier molecular flexibility index (Phi) is 4.85. The van der Waals surface area contributed by atoms with E-state index in [1.54, 1.807) is 0 Å². The smallest absolute Gasteiger partial charge is 0.241 e. The van der Waals surface area contributed by atoms with Crippen molar-refractivity contribution in [3.63, 3.8) is 0 Å². The van der Waals surface area contributed by atoms with E-state index in [4.69, 9.17) is 9.63 Å². The van der Waals surface area contributed by atoms with Crippen LogP contribution in [-0.4, -0.2) is 39.3 Å². The Bertz CT molecular complexity index is 611. The van der Waals surface area contributed by atoms with Crippen molar-refractivity contribution in [2.75, 3.05) is 13.2 Å². The lowest BCUT2D eigenvalue weighted by Gasteiger charge is -2.22. The molecule has 2 aromatic rings. The predicted molar refractivity (Wildman–Crippen MR) is 84.2 cm³/mol. The van der Waals surface area contributed by atoms with Crippen LogP contribution in [-0.2, 0) is 6.54 Å². The Morgan fingerprint density at radius 1 is 1.41 bits per heavy atom. The summed E-state index contributed by atoms with van der Waals surface area (Å²) in [4.78, 5) is 6.92. The maximum atomic E-state index is 8.99. The van der Waals surface area contributed by atoms with E-state index in [9.17, 15) is 0 Å². The molecule has 0 aliphatic carbocycles. The first-order valence-electron chi connectivity index (χ1n) is 8.01. The minimum absolute atomic E-state index is 0.266. The van der Waals surface area contributed by atoms with Crippen LogP contribution in [0.15, 0.2) is 28.8 Å². The van der Waals surface area contributed by atoms with Gasteiger partial charge in [-0.3, -0.25) is 4.90 Å². The number of likely N-dealkylation sites (tertiary alicyclic amines) is 1. The summed E-state index contributed by atoms with van der Waals surface area (Å²) in [5, 5.41) is 13.1. The molecular weight excluding hydrogens is 278 g/mol. The third-order valence-electron chi connectivity index (χ3n) is 4.28. The maximum Gasteiger partial charge on any atom is 0.241 e. The lowest BCUT2D eigenvalue weighted by atomic mass is 10.1. The quantitative estimate of drug-likeness (QED) is 0.889. The van der Waals surface area contributed by atoms with E-state index in [0.29, 0.717) is 24.3 Å². The Hall–Kier alpha value is -1.72. The molecule has 1 aliphatic heterocycles. The summed E-state index contributed by atoms with van der Waals surface area (Å²) < 4.78 is 5.42. The van der Waals surface area contributed by atoms with Gasteiger partial charge >= 0.3 is 0 Å². The van der Waals surface area contributed by atoms with E-state index >= 15 is 0 Å². The van der Waals surface area contributed by atoms with Gasteiger partial charge < -0.3 is 9.63 Å². The van der Waals surface area contributed by atoms with Gasteiger partial charge in [0, 0.05) is 18.2 Å². The van der Waals surface area contributed by atoms with Gasteiger partial charge in [0.2, 0.25) is 11.7 Å². The van der Waals surface area contributed by atoms with Crippen LogP contribution in [0.3, 0.4) is 0 Å². The zero-order valence-corrected chi connectivity index (χ0v) is 13.0. The largest absolute Gasteiger partial charge is 0.396 e. The standard InChI is InChI=1S/C17H23N3O2/c1-13-5-2-6-14(11-13)17-18-16(22-19-17)12-20-9-3-7-15(20)8-4-10-21/h2,5-6,11,15,21H,3-4,7-10,12H2,1H3. The van der Waals surface area contributed by atoms with Crippen molar-refractivity contribution in [3.8, 4) is 11.4 Å². The first-order chi connectivity index (χ1) is 10.8. The molecule has 0 amide bonds. The zero-order chi connectivity index (χ0) is 15.4. The second-order valence-corrected chi connectivity index (χ2v) is 6.01. The first kappa shape index (κ1) is 15.2. The van der Waals surface area contributed by atoms with E-state index < -0.39 is 0 Å². The lowest BCUT2D eigenvalue weighted by Crippen LogP contribution is -2.29. The van der Waals surface area contributed by atoms with Gasteiger partial charge in [-0.2, -0.15) is 4.98 Å². The van der Waals surface area contributed by atoms with Crippen LogP contribution in [0.2, 0.25) is 0 Å². The molecule has 1 aliphatic rings. The summed E-state index contributed by atoms with van der Waals surface area (Å²) in [6.07, 6.45) is 4.29. The van der Waals surface area contributed by atoms with Crippen molar-refractivity contribution in [2.45, 2.75) is 45.2 Å². The van der Waals surface area contributed by atoms with Crippen molar-refractivity contribution < 1.29 is 9.63 Å². The van der Waals surface area contributed by atoms with Crippen LogP contribution in [0.25, 0.3) is 11.4 Å². The molecule has 22 heavy (non-hydrogen) atoms. The number of benzene rings is 1. The second kappa shape index (κ2) is 7.03. The fourth-order valence-electron chi connectivity index (χ4n) is 3.15. The molecule has 1 fully saturated rings. The summed E-state index contributed by atoms with van der Waals surface area (Å²) in [6.45, 7) is 4.09. The van der Waals surface area contributed by atoms with Gasteiger partial charge in [0.1, 0.15) is 0 Å². The predicted octanol–water partition coefficient (Wildman–Crippen LogP) is 2.78. The number of aliphatic hydroxyl groups is 1. The summed E-state index contributed by atoms with van der Waals surface area (Å²) in [7, 11) is 0. The molecular formula is C17H23N3O2. The minimum Gasteiger partial charge on any atom is -0.396 e. The zero-order valence-electron chi connectivity index (χ0n) is 13.0. The van der Waals surface area contributed by atoms with Crippen molar-refractivity contribution >= 4 is 0 Å². The molecule has 0 radical (unpaired) electrons. The molecule has 2 heterocycles. The lowest BCUT2D eigenvalue weighted by molar-refractivity contribution is 0.188. The second-order valence-electron chi connectivity index (χ2n) is 6.01. The minimum atomic E-state index is 0.266. The Morgan fingerprint density at radius 3 is 3.14 bits per heavy atom. The number of hydrogen-bond acceptors (Lipinski definition) is 5. The van der Waals surface area contributed by atoms with E-state index in [1.165, 1.54) is 18.4 Å². The van der Waals surface area contributed by atoms with E-state index in [1.807, 2.05) is 12.1 Å². The molecule has 0 saturated carbocycles. The summed E-state index contributed by atoms with van der Waals surface area (Å²) in [5.74, 6) is 1.33. The van der Waals surface area contributed by atoms with Crippen molar-refractivity contribution in [1.82, 2.24) is 15.0 Å². The highest BCUT2D eigenvalue weighted by atomic mass is 16.5. The normalized spacial score (nSPS) is 18.9. The molecule has 1 unspecified atom stereocenters. The van der Waals surface area contributed by atoms with E-state index in [2.05, 4.69) is 34.1 Å². The van der Waals surface area contributed by atoms with Crippen LogP contribution in [0, 0.1) is 6.92 Å². The Labute approximate surface area is 131 Å². The van der Waals surface area contributed by atoms with Gasteiger partial charge in [0.15, 0.2) is 0 Å². The third-order valence-corrected chi connectivity index (χ3v) is 4.28. The highest BCUT2D eigenvalue weighted by Crippen LogP contribution is 2.24. The molecule has 5 nitrogen and oxygen atoms in total. The highest BCUT2D eigenvalue weighted by Gasteiger charge is 2.25. The average Bonchev–Trinajstić information content (AvgIpc) is 3.15. The number of nitrogens with zero attached hydrogens (tertiary/aromatic N) is 3. The molecule has 1 N–H and O–H groups in total. The number of hydrogen-bond donors (Lipinski definition) is 1. The SMILES string of the molecule is Cc1cccc(-c2noc(CN3CCCC3CCCO)n2)c1. The average molecular weight is 301 g/mol. The van der Waals surface area contributed by atoms with Crippen LogP contribution >= 0.6 is 0 Å². The van der Waals surface area contributed by atoms with Crippen LogP contribution in [0.4, 0.5) is 0 Å². The molecule has 118 valence electrons. The number of aliphatic hydroxyl groups excluding tert-OH is 1. The van der Waals surface area contributed by atoms with Gasteiger partial charge in [-0.15, -0.1) is 0 Å². The van der Waals surface area contributed by atoms with Crippen molar-refractivity contribution in [1.29, 1.82) is 0 Å². The summed E-state index contributed by atoms with van der Waals surface area (Å²) in [6, 6.07) is 8.66. The van der Waals surface area contributed by atoms with Crippen molar-refractivity contribution in [2.24, 2.45) is 0 Å². The van der Waals surface area contributed by atoms with Gasteiger partial charge in [-0.25, -0.2) is 0 Å². The topological polar surface area (TPSA) is 62.4 Å². The Morgan fingerprint density at radius 2 is 2.32 bits per heavy atom. The van der Waals surface area contributed by atoms with Gasteiger partial charge in [0.25, 0.3) is 0 Å². The van der Waals surface area contributed by atoms with Crippen LogP contribution in [0.1, 0.15) is 37.1 Å². The Balaban J connectivity index is 1.66. The maximum absolute atomic E-state index is 8.99. The van der Waals surface area contributed by atoms with Crippen LogP contribution < -0.4 is 0 Å². The molecule has 0 spiro atoms. The highest BCUT2D eigenvalue weighted by molar-refractivity contribution is 5.55. The van der Waals surface area contributed by atoms with Gasteiger partial charge in [-0.05, 0) is 45.2 Å². The van der Waals surface area contributed by atoms with Crippen molar-refractivity contribution in [3.05, 3.63) is 35.7 Å². The molecule has 0 bridgehead atoms. The molecule has 1 aromatic carbocycles. The van der Waals surface area contributed by atoms with Gasteiger partial charge in [0.05, 0.1) is 6.54 Å². The first-order valence-corrected chi connectivity index (χ1v) is 8.01. The molecule has 5 heteroatoms. The number of aryl methyl sites for hydroxylation is 1. The number of aromatic nitrogens is 2. The van der Waals surface area contributed by atoms with E-state index in [0.717, 1.165) is 24.9 Å². The molecule has 3 rings (SSSR count). The fourth-order valence-corrected chi connectivity index (χ4v) is 3.15.